The molecule has 0 spiro atoms. The summed E-state index contributed by atoms with van der Waals surface area (Å²) in [5.41, 5.74) is 2.67. The fraction of sp³-hybridized carbons (Fsp3) is 0.957. The summed E-state index contributed by atoms with van der Waals surface area (Å²) in [5.74, 6) is 5.34. The third-order valence-corrected chi connectivity index (χ3v) is 5.35. The standard InChI is InChI=1S/C16H32O2.C7H18N2/c1-2-3-4-5-6-7-8-9-10-11-12-13-14-15-16(17)18;1-3-7(4-2)5-6-9-8/h2-15H2,1H3,(H,17,18);7,9H,3-6,8H2,1-2H3. The first kappa shape index (κ1) is 28.6. The normalized spacial score (nSPS) is 10.7. The maximum Gasteiger partial charge on any atom is 0.303 e. The van der Waals surface area contributed by atoms with Crippen molar-refractivity contribution in [3.05, 3.63) is 0 Å². The van der Waals surface area contributed by atoms with E-state index in [1.54, 1.807) is 0 Å². The second-order valence-corrected chi connectivity index (χ2v) is 7.81. The highest BCUT2D eigenvalue weighted by atomic mass is 16.4. The van der Waals surface area contributed by atoms with Crippen LogP contribution in [0.4, 0.5) is 0 Å². The Bertz CT molecular complexity index is 282. The lowest BCUT2D eigenvalue weighted by molar-refractivity contribution is -0.137. The molecular formula is C23H50N2O2. The Kier molecular flexibility index (Phi) is 26.9. The fourth-order valence-corrected chi connectivity index (χ4v) is 3.28. The van der Waals surface area contributed by atoms with Crippen molar-refractivity contribution in [2.45, 2.75) is 130 Å². The number of aliphatic carboxylic acids is 1. The largest absolute Gasteiger partial charge is 0.481 e. The van der Waals surface area contributed by atoms with Crippen molar-refractivity contribution in [3.8, 4) is 0 Å². The first-order chi connectivity index (χ1) is 13.1. The van der Waals surface area contributed by atoms with E-state index < -0.39 is 5.97 Å². The Hall–Kier alpha value is -0.610. The fourth-order valence-electron chi connectivity index (χ4n) is 3.28. The van der Waals surface area contributed by atoms with E-state index in [2.05, 4.69) is 26.2 Å². The lowest BCUT2D eigenvalue weighted by Crippen LogP contribution is -2.24. The zero-order chi connectivity index (χ0) is 20.6. The summed E-state index contributed by atoms with van der Waals surface area (Å²) in [4.78, 5) is 10.3. The molecule has 4 nitrogen and oxygen atoms in total. The number of hydrazine groups is 1. The first-order valence-electron chi connectivity index (χ1n) is 11.8. The van der Waals surface area contributed by atoms with Crippen LogP contribution >= 0.6 is 0 Å². The van der Waals surface area contributed by atoms with Crippen molar-refractivity contribution >= 4 is 5.97 Å². The van der Waals surface area contributed by atoms with E-state index in [9.17, 15) is 4.79 Å². The quantitative estimate of drug-likeness (QED) is 0.129. The summed E-state index contributed by atoms with van der Waals surface area (Å²) in [7, 11) is 0. The van der Waals surface area contributed by atoms with Crippen LogP contribution in [0.3, 0.4) is 0 Å². The van der Waals surface area contributed by atoms with E-state index in [1.165, 1.54) is 89.9 Å². The van der Waals surface area contributed by atoms with Crippen LogP contribution in [0.15, 0.2) is 0 Å². The van der Waals surface area contributed by atoms with Crippen LogP contribution in [0.25, 0.3) is 0 Å². The number of hydrogen-bond donors (Lipinski definition) is 3. The number of hydrogen-bond acceptors (Lipinski definition) is 3. The van der Waals surface area contributed by atoms with Crippen LogP contribution in [0.5, 0.6) is 0 Å². The Morgan fingerprint density at radius 3 is 1.52 bits per heavy atom. The second kappa shape index (κ2) is 25.4. The van der Waals surface area contributed by atoms with Gasteiger partial charge in [0, 0.05) is 13.0 Å². The van der Waals surface area contributed by atoms with E-state index in [0.717, 1.165) is 25.3 Å². The molecule has 164 valence electrons. The number of rotatable bonds is 19. The zero-order valence-corrected chi connectivity index (χ0v) is 18.7. The van der Waals surface area contributed by atoms with E-state index in [4.69, 9.17) is 10.9 Å². The van der Waals surface area contributed by atoms with Gasteiger partial charge in [-0.1, -0.05) is 111 Å². The maximum atomic E-state index is 10.3. The van der Waals surface area contributed by atoms with E-state index >= 15 is 0 Å². The van der Waals surface area contributed by atoms with Crippen molar-refractivity contribution < 1.29 is 9.90 Å². The van der Waals surface area contributed by atoms with Gasteiger partial charge in [-0.05, 0) is 18.8 Å². The maximum absolute atomic E-state index is 10.3. The molecular weight excluding hydrogens is 336 g/mol. The topological polar surface area (TPSA) is 75.3 Å². The van der Waals surface area contributed by atoms with Gasteiger partial charge in [-0.2, -0.15) is 0 Å². The highest BCUT2D eigenvalue weighted by Crippen LogP contribution is 2.13. The molecule has 0 heterocycles. The number of carboxylic acids is 1. The summed E-state index contributed by atoms with van der Waals surface area (Å²) in [5, 5.41) is 8.49. The smallest absolute Gasteiger partial charge is 0.303 e. The molecule has 4 N–H and O–H groups in total. The van der Waals surface area contributed by atoms with Crippen molar-refractivity contribution in [2.75, 3.05) is 6.54 Å². The molecule has 0 atom stereocenters. The van der Waals surface area contributed by atoms with E-state index in [1.807, 2.05) is 0 Å². The zero-order valence-electron chi connectivity index (χ0n) is 18.7. The van der Waals surface area contributed by atoms with Crippen molar-refractivity contribution in [3.63, 3.8) is 0 Å². The average Bonchev–Trinajstić information content (AvgIpc) is 2.66. The molecule has 0 bridgehead atoms. The molecule has 0 aliphatic heterocycles. The monoisotopic (exact) mass is 386 g/mol. The number of nitrogens with one attached hydrogen (secondary N) is 1. The van der Waals surface area contributed by atoms with Gasteiger partial charge < -0.3 is 5.11 Å². The van der Waals surface area contributed by atoms with E-state index in [0.29, 0.717) is 6.42 Å². The molecule has 0 saturated heterocycles. The number of unbranched alkanes of at least 4 members (excludes halogenated alkanes) is 12. The minimum Gasteiger partial charge on any atom is -0.481 e. The molecule has 0 aromatic carbocycles. The summed E-state index contributed by atoms with van der Waals surface area (Å²) in [6.45, 7) is 7.66. The lowest BCUT2D eigenvalue weighted by Gasteiger charge is -2.09. The van der Waals surface area contributed by atoms with Gasteiger partial charge in [-0.25, -0.2) is 0 Å². The molecule has 0 rings (SSSR count). The highest BCUT2D eigenvalue weighted by Gasteiger charge is 2.00. The summed E-state index contributed by atoms with van der Waals surface area (Å²) >= 11 is 0. The SMILES string of the molecule is CCC(CC)CCNN.CCCCCCCCCCCCCCCC(=O)O. The third kappa shape index (κ3) is 27.7. The number of carbonyl (C=O) groups is 1. The van der Waals surface area contributed by atoms with Gasteiger partial charge in [0.05, 0.1) is 0 Å². The van der Waals surface area contributed by atoms with Crippen LogP contribution < -0.4 is 11.3 Å². The van der Waals surface area contributed by atoms with Gasteiger partial charge in [0.1, 0.15) is 0 Å². The van der Waals surface area contributed by atoms with Gasteiger partial charge in [0.25, 0.3) is 0 Å². The molecule has 0 aromatic rings. The van der Waals surface area contributed by atoms with Crippen molar-refractivity contribution in [1.29, 1.82) is 0 Å². The second-order valence-electron chi connectivity index (χ2n) is 7.81. The summed E-state index contributed by atoms with van der Waals surface area (Å²) in [6, 6.07) is 0. The van der Waals surface area contributed by atoms with Crippen LogP contribution in [0.1, 0.15) is 130 Å². The molecule has 4 heteroatoms. The van der Waals surface area contributed by atoms with Gasteiger partial charge in [-0.3, -0.25) is 16.1 Å². The highest BCUT2D eigenvalue weighted by molar-refractivity contribution is 5.66. The molecule has 0 saturated carbocycles. The Morgan fingerprint density at radius 1 is 0.778 bits per heavy atom. The van der Waals surface area contributed by atoms with Crippen LogP contribution in [0, 0.1) is 5.92 Å². The minimum atomic E-state index is -0.655. The molecule has 0 unspecified atom stereocenters. The van der Waals surface area contributed by atoms with Crippen molar-refractivity contribution in [2.24, 2.45) is 11.8 Å². The molecule has 0 fully saturated rings. The number of nitrogens with two attached hydrogens (primary N) is 1. The van der Waals surface area contributed by atoms with Crippen LogP contribution in [0.2, 0.25) is 0 Å². The first-order valence-corrected chi connectivity index (χ1v) is 11.8. The molecule has 0 aliphatic carbocycles. The molecule has 0 aliphatic rings. The Labute approximate surface area is 170 Å². The molecule has 0 amide bonds. The third-order valence-electron chi connectivity index (χ3n) is 5.35. The molecule has 0 aromatic heterocycles. The molecule has 0 radical (unpaired) electrons. The number of carboxylic acid groups (broad SMARTS) is 1. The van der Waals surface area contributed by atoms with E-state index in [-0.39, 0.29) is 0 Å². The Morgan fingerprint density at radius 2 is 1.19 bits per heavy atom. The summed E-state index contributed by atoms with van der Waals surface area (Å²) in [6.07, 6.45) is 21.0. The Balaban J connectivity index is 0. The van der Waals surface area contributed by atoms with Gasteiger partial charge in [-0.15, -0.1) is 0 Å². The lowest BCUT2D eigenvalue weighted by atomic mass is 10.00. The summed E-state index contributed by atoms with van der Waals surface area (Å²) < 4.78 is 0. The van der Waals surface area contributed by atoms with Gasteiger partial charge in [0.2, 0.25) is 0 Å². The minimum absolute atomic E-state index is 0.345. The van der Waals surface area contributed by atoms with Gasteiger partial charge >= 0.3 is 5.97 Å². The van der Waals surface area contributed by atoms with Crippen LogP contribution in [-0.4, -0.2) is 17.6 Å². The van der Waals surface area contributed by atoms with Crippen molar-refractivity contribution in [1.82, 2.24) is 5.43 Å². The predicted octanol–water partition coefficient (Wildman–Crippen LogP) is 6.83. The van der Waals surface area contributed by atoms with Gasteiger partial charge in [0.15, 0.2) is 0 Å². The average molecular weight is 387 g/mol. The predicted molar refractivity (Wildman–Crippen MR) is 119 cm³/mol. The van der Waals surface area contributed by atoms with Crippen LogP contribution in [-0.2, 0) is 4.79 Å². The molecule has 27 heavy (non-hydrogen) atoms.